The molecule has 0 amide bonds. The minimum atomic E-state index is -4.98. The van der Waals surface area contributed by atoms with Crippen LogP contribution < -0.4 is 4.74 Å². The number of hydrogen-bond acceptors (Lipinski definition) is 4. The van der Waals surface area contributed by atoms with Gasteiger partial charge in [-0.05, 0) is 17.4 Å². The number of ether oxygens (including phenoxy) is 1. The molecule has 0 aliphatic heterocycles. The Bertz CT molecular complexity index is 450. The summed E-state index contributed by atoms with van der Waals surface area (Å²) in [6, 6.07) is 1.03. The van der Waals surface area contributed by atoms with Crippen LogP contribution in [-0.4, -0.2) is 16.3 Å². The molecule has 0 saturated carbocycles. The molecule has 1 heterocycles. The summed E-state index contributed by atoms with van der Waals surface area (Å²) < 4.78 is 39.7. The largest absolute Gasteiger partial charge is 0.575 e. The molecule has 0 fully saturated rings. The van der Waals surface area contributed by atoms with Crippen LogP contribution in [0.25, 0.3) is 0 Å². The van der Waals surface area contributed by atoms with E-state index in [9.17, 15) is 23.3 Å². The van der Waals surface area contributed by atoms with Crippen molar-refractivity contribution in [1.29, 1.82) is 0 Å². The number of pyridine rings is 1. The molecule has 1 aromatic heterocycles. The van der Waals surface area contributed by atoms with Gasteiger partial charge < -0.3 is 14.9 Å². The van der Waals surface area contributed by atoms with E-state index in [1.807, 2.05) is 0 Å². The lowest BCUT2D eigenvalue weighted by Crippen LogP contribution is -2.19. The van der Waals surface area contributed by atoms with Crippen LogP contribution in [0.1, 0.15) is 11.1 Å². The minimum Gasteiger partial charge on any atom is -0.366 e. The normalized spacial score (nSPS) is 11.4. The van der Waals surface area contributed by atoms with Crippen LogP contribution in [0.4, 0.5) is 19.0 Å². The summed E-state index contributed by atoms with van der Waals surface area (Å²) >= 11 is 5.44. The molecule has 5 nitrogen and oxygen atoms in total. The van der Waals surface area contributed by atoms with Crippen molar-refractivity contribution in [2.45, 2.75) is 19.2 Å². The smallest absolute Gasteiger partial charge is 0.366 e. The maximum atomic E-state index is 12.0. The summed E-state index contributed by atoms with van der Waals surface area (Å²) in [6.07, 6.45) is -4.98. The molecule has 0 aromatic carbocycles. The van der Waals surface area contributed by atoms with E-state index in [1.165, 1.54) is 6.92 Å². The number of hydrogen-bond donors (Lipinski definition) is 0. The van der Waals surface area contributed by atoms with Gasteiger partial charge in [0.15, 0.2) is 0 Å². The van der Waals surface area contributed by atoms with E-state index >= 15 is 0 Å². The Balaban J connectivity index is 3.29. The minimum absolute atomic E-state index is 0.0328. The van der Waals surface area contributed by atoms with Crippen molar-refractivity contribution >= 4 is 17.4 Å². The van der Waals surface area contributed by atoms with Crippen LogP contribution in [0.15, 0.2) is 6.07 Å². The van der Waals surface area contributed by atoms with Gasteiger partial charge >= 0.3 is 18.1 Å². The molecule has 0 aliphatic rings. The summed E-state index contributed by atoms with van der Waals surface area (Å²) in [7, 11) is 0. The highest BCUT2D eigenvalue weighted by molar-refractivity contribution is 6.17. The average Bonchev–Trinajstić information content (AvgIpc) is 2.14. The van der Waals surface area contributed by atoms with Gasteiger partial charge in [-0.2, -0.15) is 0 Å². The Morgan fingerprint density at radius 1 is 1.59 bits per heavy atom. The molecule has 9 heteroatoms. The molecule has 0 atom stereocenters. The summed E-state index contributed by atoms with van der Waals surface area (Å²) in [6.45, 7) is 1.38. The first kappa shape index (κ1) is 13.5. The van der Waals surface area contributed by atoms with Crippen molar-refractivity contribution < 1.29 is 22.8 Å². The van der Waals surface area contributed by atoms with Crippen LogP contribution in [0.5, 0.6) is 5.88 Å². The van der Waals surface area contributed by atoms with E-state index < -0.39 is 23.0 Å². The fourth-order valence-corrected chi connectivity index (χ4v) is 1.43. The third-order valence-electron chi connectivity index (χ3n) is 1.83. The zero-order valence-electron chi connectivity index (χ0n) is 8.42. The van der Waals surface area contributed by atoms with Gasteiger partial charge in [0.05, 0.1) is 11.4 Å². The predicted molar refractivity (Wildman–Crippen MR) is 51.9 cm³/mol. The van der Waals surface area contributed by atoms with Crippen molar-refractivity contribution in [2.24, 2.45) is 0 Å². The lowest BCUT2D eigenvalue weighted by molar-refractivity contribution is -0.390. The number of aromatic nitrogens is 1. The first-order chi connectivity index (χ1) is 7.74. The summed E-state index contributed by atoms with van der Waals surface area (Å²) in [5.41, 5.74) is 0.176. The number of aryl methyl sites for hydroxylation is 1. The van der Waals surface area contributed by atoms with E-state index in [-0.39, 0.29) is 17.0 Å². The Hall–Kier alpha value is -1.57. The zero-order chi connectivity index (χ0) is 13.2. The van der Waals surface area contributed by atoms with Crippen molar-refractivity contribution in [1.82, 2.24) is 4.98 Å². The lowest BCUT2D eigenvalue weighted by Gasteiger charge is -2.09. The van der Waals surface area contributed by atoms with Crippen molar-refractivity contribution in [3.63, 3.8) is 0 Å². The van der Waals surface area contributed by atoms with Gasteiger partial charge in [-0.15, -0.1) is 24.8 Å². The second-order valence-corrected chi connectivity index (χ2v) is 3.29. The standard InChI is InChI=1S/C8H6ClF3N2O3/c1-4-2-6(14(15)16)13-7(5(4)3-9)17-8(10,11)12/h2H,3H2,1H3. The van der Waals surface area contributed by atoms with Gasteiger partial charge in [0.2, 0.25) is 0 Å². The summed E-state index contributed by atoms with van der Waals surface area (Å²) in [5.74, 6) is -1.91. The maximum absolute atomic E-state index is 12.0. The van der Waals surface area contributed by atoms with Crippen molar-refractivity contribution in [3.05, 3.63) is 27.3 Å². The molecule has 1 rings (SSSR count). The number of nitro groups is 1. The summed E-state index contributed by atoms with van der Waals surface area (Å²) in [5, 5.41) is 10.4. The first-order valence-corrected chi connectivity index (χ1v) is 4.74. The number of rotatable bonds is 3. The molecule has 0 aliphatic carbocycles. The molecule has 94 valence electrons. The molecular formula is C8H6ClF3N2O3. The van der Waals surface area contributed by atoms with Crippen molar-refractivity contribution in [2.75, 3.05) is 0 Å². The molecule has 0 bridgehead atoms. The Morgan fingerprint density at radius 3 is 2.59 bits per heavy atom. The number of halogens is 4. The average molecular weight is 271 g/mol. The third kappa shape index (κ3) is 3.45. The fourth-order valence-electron chi connectivity index (χ4n) is 1.10. The van der Waals surface area contributed by atoms with E-state index in [0.717, 1.165) is 6.07 Å². The molecule has 17 heavy (non-hydrogen) atoms. The van der Waals surface area contributed by atoms with Crippen LogP contribution in [0, 0.1) is 17.0 Å². The topological polar surface area (TPSA) is 65.3 Å². The number of alkyl halides is 4. The van der Waals surface area contributed by atoms with E-state index in [2.05, 4.69) is 9.72 Å². The molecule has 0 spiro atoms. The quantitative estimate of drug-likeness (QED) is 0.481. The fraction of sp³-hybridized carbons (Fsp3) is 0.375. The molecule has 0 unspecified atom stereocenters. The molecule has 0 radical (unpaired) electrons. The lowest BCUT2D eigenvalue weighted by atomic mass is 10.2. The zero-order valence-corrected chi connectivity index (χ0v) is 9.17. The number of nitrogens with zero attached hydrogens (tertiary/aromatic N) is 2. The van der Waals surface area contributed by atoms with Crippen molar-refractivity contribution in [3.8, 4) is 5.88 Å². The third-order valence-corrected chi connectivity index (χ3v) is 2.10. The SMILES string of the molecule is Cc1cc([N+](=O)[O-])nc(OC(F)(F)F)c1CCl. The predicted octanol–water partition coefficient (Wildman–Crippen LogP) is 2.94. The first-order valence-electron chi connectivity index (χ1n) is 4.21. The monoisotopic (exact) mass is 270 g/mol. The van der Waals surface area contributed by atoms with Gasteiger partial charge in [-0.3, -0.25) is 0 Å². The second kappa shape index (κ2) is 4.74. The van der Waals surface area contributed by atoms with Crippen LogP contribution in [0.3, 0.4) is 0 Å². The van der Waals surface area contributed by atoms with Gasteiger partial charge in [0.1, 0.15) is 0 Å². The summed E-state index contributed by atoms with van der Waals surface area (Å²) in [4.78, 5) is 12.7. The highest BCUT2D eigenvalue weighted by atomic mass is 35.5. The van der Waals surface area contributed by atoms with Crippen LogP contribution >= 0.6 is 11.6 Å². The Morgan fingerprint density at radius 2 is 2.18 bits per heavy atom. The molecule has 1 aromatic rings. The molecule has 0 saturated heterocycles. The van der Waals surface area contributed by atoms with E-state index in [0.29, 0.717) is 0 Å². The molecular weight excluding hydrogens is 265 g/mol. The van der Waals surface area contributed by atoms with Crippen LogP contribution in [-0.2, 0) is 5.88 Å². The van der Waals surface area contributed by atoms with Gasteiger partial charge in [-0.1, -0.05) is 0 Å². The Kier molecular flexibility index (Phi) is 3.76. The highest BCUT2D eigenvalue weighted by Crippen LogP contribution is 2.30. The van der Waals surface area contributed by atoms with Gasteiger partial charge in [0.25, 0.3) is 0 Å². The molecule has 0 N–H and O–H groups in total. The second-order valence-electron chi connectivity index (χ2n) is 3.02. The van der Waals surface area contributed by atoms with Gasteiger partial charge in [-0.25, -0.2) is 0 Å². The van der Waals surface area contributed by atoms with Gasteiger partial charge in [0, 0.05) is 11.1 Å². The Labute approximate surface area is 98.3 Å². The van der Waals surface area contributed by atoms with Crippen LogP contribution in [0.2, 0.25) is 0 Å². The maximum Gasteiger partial charge on any atom is 0.575 e. The van der Waals surface area contributed by atoms with E-state index in [4.69, 9.17) is 11.6 Å². The van der Waals surface area contributed by atoms with E-state index in [1.54, 1.807) is 0 Å². The highest BCUT2D eigenvalue weighted by Gasteiger charge is 2.36.